The topological polar surface area (TPSA) is 69.6 Å². The van der Waals surface area contributed by atoms with Crippen LogP contribution in [-0.4, -0.2) is 34.9 Å². The first kappa shape index (κ1) is 54.1. The molecule has 0 saturated carbocycles. The minimum absolute atomic E-state index is 0.0307. The van der Waals surface area contributed by atoms with E-state index in [-0.39, 0.29) is 12.5 Å². The maximum absolute atomic E-state index is 12.5. The minimum atomic E-state index is -0.659. The molecule has 0 aromatic rings. The van der Waals surface area contributed by atoms with E-state index in [0.29, 0.717) is 12.8 Å². The van der Waals surface area contributed by atoms with Gasteiger partial charge in [-0.1, -0.05) is 257 Å². The van der Waals surface area contributed by atoms with Crippen molar-refractivity contribution in [1.29, 1.82) is 0 Å². The number of carbonyl (C=O) groups excluding carboxylic acids is 1. The highest BCUT2D eigenvalue weighted by Crippen LogP contribution is 2.17. The third-order valence-corrected chi connectivity index (χ3v) is 12.0. The van der Waals surface area contributed by atoms with Gasteiger partial charge < -0.3 is 15.5 Å². The molecule has 0 fully saturated rings. The van der Waals surface area contributed by atoms with Crippen LogP contribution in [0.15, 0.2) is 12.2 Å². The van der Waals surface area contributed by atoms with Gasteiger partial charge in [-0.25, -0.2) is 0 Å². The van der Waals surface area contributed by atoms with Crippen molar-refractivity contribution in [3.8, 4) is 0 Å². The molecule has 1 amide bonds. The number of unbranched alkanes of at least 4 members (excludes halogenated alkanes) is 38. The number of carbonyl (C=O) groups is 1. The molecule has 0 aromatic carbocycles. The summed E-state index contributed by atoms with van der Waals surface area (Å²) in [5, 5.41) is 23.3. The van der Waals surface area contributed by atoms with Crippen LogP contribution in [0.2, 0.25) is 0 Å². The summed E-state index contributed by atoms with van der Waals surface area (Å²) in [7, 11) is 0. The molecule has 2 atom stereocenters. The lowest BCUT2D eigenvalue weighted by atomic mass is 10.0. The van der Waals surface area contributed by atoms with Crippen molar-refractivity contribution < 1.29 is 15.0 Å². The van der Waals surface area contributed by atoms with Crippen LogP contribution in [0, 0.1) is 0 Å². The predicted octanol–water partition coefficient (Wildman–Crippen LogP) is 16.2. The fourth-order valence-corrected chi connectivity index (χ4v) is 8.12. The van der Waals surface area contributed by atoms with Crippen molar-refractivity contribution in [2.45, 2.75) is 302 Å². The van der Waals surface area contributed by atoms with Gasteiger partial charge in [0.05, 0.1) is 18.8 Å². The van der Waals surface area contributed by atoms with Gasteiger partial charge in [0.25, 0.3) is 0 Å². The van der Waals surface area contributed by atoms with Gasteiger partial charge in [0.15, 0.2) is 0 Å². The fourth-order valence-electron chi connectivity index (χ4n) is 8.12. The molecule has 0 aliphatic heterocycles. The number of aliphatic hydroxyl groups excluding tert-OH is 2. The summed E-state index contributed by atoms with van der Waals surface area (Å²) in [6.07, 6.45) is 60.3. The zero-order chi connectivity index (χ0) is 40.0. The molecular formula is C51H101NO3. The van der Waals surface area contributed by atoms with Crippen molar-refractivity contribution in [1.82, 2.24) is 5.32 Å². The second kappa shape index (κ2) is 47.5. The van der Waals surface area contributed by atoms with E-state index >= 15 is 0 Å². The van der Waals surface area contributed by atoms with Crippen LogP contribution >= 0.6 is 0 Å². The second-order valence-corrected chi connectivity index (χ2v) is 17.6. The predicted molar refractivity (Wildman–Crippen MR) is 244 cm³/mol. The van der Waals surface area contributed by atoms with Crippen LogP contribution in [0.4, 0.5) is 0 Å². The number of hydrogen-bond acceptors (Lipinski definition) is 3. The lowest BCUT2D eigenvalue weighted by Crippen LogP contribution is -2.45. The Balaban J connectivity index is 3.46. The molecule has 0 rings (SSSR count). The summed E-state index contributed by atoms with van der Waals surface area (Å²) >= 11 is 0. The van der Waals surface area contributed by atoms with Crippen molar-refractivity contribution in [2.24, 2.45) is 0 Å². The van der Waals surface area contributed by atoms with Gasteiger partial charge in [-0.15, -0.1) is 0 Å². The number of nitrogens with one attached hydrogen (secondary N) is 1. The van der Waals surface area contributed by atoms with Gasteiger partial charge in [0, 0.05) is 6.42 Å². The Kier molecular flexibility index (Phi) is 46.8. The standard InChI is InChI=1S/C51H101NO3/c1-3-5-7-9-11-13-15-17-19-21-23-25-27-29-31-33-35-37-39-41-43-45-47-51(55)52-49(48-53)50(54)46-44-42-40-38-36-34-32-30-28-26-24-22-20-18-16-14-12-10-8-6-4-2/h27,29,49-50,53-54H,3-26,28,30-48H2,1-2H3,(H,52,55)/b29-27-. The van der Waals surface area contributed by atoms with E-state index < -0.39 is 12.1 Å². The summed E-state index contributed by atoms with van der Waals surface area (Å²) in [5.74, 6) is -0.0307. The van der Waals surface area contributed by atoms with Gasteiger partial charge in [0.1, 0.15) is 0 Å². The van der Waals surface area contributed by atoms with E-state index in [9.17, 15) is 15.0 Å². The third-order valence-electron chi connectivity index (χ3n) is 12.0. The lowest BCUT2D eigenvalue weighted by Gasteiger charge is -2.22. The summed E-state index contributed by atoms with van der Waals surface area (Å²) in [6.45, 7) is 4.39. The Morgan fingerprint density at radius 3 is 1.00 bits per heavy atom. The molecule has 4 nitrogen and oxygen atoms in total. The first-order chi connectivity index (χ1) is 27.2. The molecule has 0 aliphatic rings. The molecule has 3 N–H and O–H groups in total. The molecule has 0 bridgehead atoms. The number of amides is 1. The van der Waals surface area contributed by atoms with Gasteiger partial charge in [0.2, 0.25) is 5.91 Å². The first-order valence-electron chi connectivity index (χ1n) is 25.4. The Bertz CT molecular complexity index is 754. The van der Waals surface area contributed by atoms with Crippen LogP contribution in [0.5, 0.6) is 0 Å². The van der Waals surface area contributed by atoms with Crippen LogP contribution in [0.25, 0.3) is 0 Å². The van der Waals surface area contributed by atoms with Gasteiger partial charge >= 0.3 is 0 Å². The molecule has 0 heterocycles. The second-order valence-electron chi connectivity index (χ2n) is 17.6. The zero-order valence-corrected chi connectivity index (χ0v) is 37.7. The summed E-state index contributed by atoms with van der Waals surface area (Å²) in [6, 6.07) is -0.536. The molecule has 4 heteroatoms. The maximum Gasteiger partial charge on any atom is 0.220 e. The number of allylic oxidation sites excluding steroid dienone is 2. The highest BCUT2D eigenvalue weighted by molar-refractivity contribution is 5.76. The summed E-state index contributed by atoms with van der Waals surface area (Å²) in [5.41, 5.74) is 0. The Morgan fingerprint density at radius 2 is 0.691 bits per heavy atom. The Labute approximate surface area is 346 Å². The van der Waals surface area contributed by atoms with Gasteiger partial charge in [-0.3, -0.25) is 4.79 Å². The molecule has 0 spiro atoms. The van der Waals surface area contributed by atoms with Crippen LogP contribution < -0.4 is 5.32 Å². The normalized spacial score (nSPS) is 12.9. The monoisotopic (exact) mass is 776 g/mol. The molecule has 0 saturated heterocycles. The number of hydrogen-bond donors (Lipinski definition) is 3. The van der Waals surface area contributed by atoms with Crippen molar-refractivity contribution >= 4 is 5.91 Å². The highest BCUT2D eigenvalue weighted by atomic mass is 16.3. The molecule has 0 aromatic heterocycles. The number of rotatable bonds is 47. The van der Waals surface area contributed by atoms with E-state index in [2.05, 4.69) is 31.3 Å². The zero-order valence-electron chi connectivity index (χ0n) is 37.7. The van der Waals surface area contributed by atoms with Crippen LogP contribution in [0.3, 0.4) is 0 Å². The highest BCUT2D eigenvalue weighted by Gasteiger charge is 2.20. The average Bonchev–Trinajstić information content (AvgIpc) is 3.19. The SMILES string of the molecule is CCCCCCCCCCCCC/C=C\CCCCCCCCCC(=O)NC(CO)C(O)CCCCCCCCCCCCCCCCCCCCCCC. The molecule has 328 valence electrons. The smallest absolute Gasteiger partial charge is 0.220 e. The minimum Gasteiger partial charge on any atom is -0.394 e. The maximum atomic E-state index is 12.5. The number of aliphatic hydroxyl groups is 2. The van der Waals surface area contributed by atoms with Crippen LogP contribution in [0.1, 0.15) is 290 Å². The Morgan fingerprint density at radius 1 is 0.418 bits per heavy atom. The van der Waals surface area contributed by atoms with Crippen molar-refractivity contribution in [3.63, 3.8) is 0 Å². The third kappa shape index (κ3) is 44.1. The van der Waals surface area contributed by atoms with E-state index in [1.165, 1.54) is 238 Å². The van der Waals surface area contributed by atoms with E-state index in [1.807, 2.05) is 0 Å². The average molecular weight is 776 g/mol. The molecule has 0 aliphatic carbocycles. The molecule has 2 unspecified atom stereocenters. The summed E-state index contributed by atoms with van der Waals surface area (Å²) < 4.78 is 0. The molecule has 0 radical (unpaired) electrons. The summed E-state index contributed by atoms with van der Waals surface area (Å²) in [4.78, 5) is 12.5. The van der Waals surface area contributed by atoms with E-state index in [0.717, 1.165) is 25.7 Å². The van der Waals surface area contributed by atoms with Gasteiger partial charge in [-0.05, 0) is 38.5 Å². The Hall–Kier alpha value is -0.870. The van der Waals surface area contributed by atoms with Crippen molar-refractivity contribution in [2.75, 3.05) is 6.61 Å². The molecular weight excluding hydrogens is 675 g/mol. The first-order valence-corrected chi connectivity index (χ1v) is 25.4. The van der Waals surface area contributed by atoms with E-state index in [4.69, 9.17) is 0 Å². The van der Waals surface area contributed by atoms with Gasteiger partial charge in [-0.2, -0.15) is 0 Å². The lowest BCUT2D eigenvalue weighted by molar-refractivity contribution is -0.123. The fraction of sp³-hybridized carbons (Fsp3) is 0.941. The largest absolute Gasteiger partial charge is 0.394 e. The van der Waals surface area contributed by atoms with E-state index in [1.54, 1.807) is 0 Å². The van der Waals surface area contributed by atoms with Crippen molar-refractivity contribution in [3.05, 3.63) is 12.2 Å². The molecule has 55 heavy (non-hydrogen) atoms. The quantitative estimate of drug-likeness (QED) is 0.0426. The van der Waals surface area contributed by atoms with Crippen LogP contribution in [-0.2, 0) is 4.79 Å².